The van der Waals surface area contributed by atoms with Crippen LogP contribution in [0.4, 0.5) is 0 Å². The van der Waals surface area contributed by atoms with Crippen molar-refractivity contribution in [2.75, 3.05) is 0 Å². The average molecular weight is 254 g/mol. The van der Waals surface area contributed by atoms with Crippen molar-refractivity contribution in [3.63, 3.8) is 0 Å². The van der Waals surface area contributed by atoms with Crippen LogP contribution in [0.15, 0.2) is 0 Å². The van der Waals surface area contributed by atoms with Crippen LogP contribution in [-0.2, 0) is 4.74 Å². The summed E-state index contributed by atoms with van der Waals surface area (Å²) in [5.74, 6) is 1.38. The maximum Gasteiger partial charge on any atom is 0.1000 e. The van der Waals surface area contributed by atoms with E-state index in [0.29, 0.717) is 24.2 Å². The fourth-order valence-electron chi connectivity index (χ4n) is 4.97. The third-order valence-corrected chi connectivity index (χ3v) is 6.22. The van der Waals surface area contributed by atoms with E-state index in [1.54, 1.807) is 0 Å². The lowest BCUT2D eigenvalue weighted by atomic mass is 9.69. The standard InChI is InChI=1S/C15H26O3/c1-8(2)15-7-11(16)14(4,18-15)10-6-5-9(3)12(10)13(15)17/h8-13,16-17H,5-7H2,1-4H3/t9-,10-,11-,12-,13+,14+,15-/m0/s1. The van der Waals surface area contributed by atoms with Gasteiger partial charge in [-0.2, -0.15) is 0 Å². The summed E-state index contributed by atoms with van der Waals surface area (Å²) in [7, 11) is 0. The maximum atomic E-state index is 10.9. The first-order valence-corrected chi connectivity index (χ1v) is 7.39. The fourth-order valence-corrected chi connectivity index (χ4v) is 4.97. The molecule has 0 aromatic carbocycles. The van der Waals surface area contributed by atoms with Crippen molar-refractivity contribution in [1.82, 2.24) is 0 Å². The lowest BCUT2D eigenvalue weighted by Crippen LogP contribution is -2.61. The Morgan fingerprint density at radius 2 is 1.89 bits per heavy atom. The molecule has 0 unspecified atom stereocenters. The first-order valence-electron chi connectivity index (χ1n) is 7.39. The second kappa shape index (κ2) is 3.71. The van der Waals surface area contributed by atoms with Gasteiger partial charge in [0, 0.05) is 6.42 Å². The summed E-state index contributed by atoms with van der Waals surface area (Å²) in [6, 6.07) is 0. The van der Waals surface area contributed by atoms with Crippen LogP contribution < -0.4 is 0 Å². The number of rotatable bonds is 1. The Labute approximate surface area is 110 Å². The molecule has 2 heterocycles. The molecule has 3 rings (SSSR count). The van der Waals surface area contributed by atoms with E-state index in [4.69, 9.17) is 4.74 Å². The van der Waals surface area contributed by atoms with Crippen LogP contribution in [0.3, 0.4) is 0 Å². The monoisotopic (exact) mass is 254 g/mol. The predicted molar refractivity (Wildman–Crippen MR) is 69.1 cm³/mol. The summed E-state index contributed by atoms with van der Waals surface area (Å²) in [5.41, 5.74) is -0.979. The fraction of sp³-hybridized carbons (Fsp3) is 1.00. The molecule has 0 aromatic heterocycles. The SMILES string of the molecule is CC(C)[C@]12C[C@H](O)[C@](C)(O1)[C@H]1CC[C@H](C)[C@@H]1[C@H]2O. The quantitative estimate of drug-likeness (QED) is 0.752. The molecule has 3 nitrogen and oxygen atoms in total. The second-order valence-electron chi connectivity index (χ2n) is 7.30. The molecule has 3 fully saturated rings. The Morgan fingerprint density at radius 1 is 1.22 bits per heavy atom. The molecule has 2 aliphatic heterocycles. The van der Waals surface area contributed by atoms with Gasteiger partial charge in [0.1, 0.15) is 0 Å². The Hall–Kier alpha value is -0.120. The summed E-state index contributed by atoms with van der Waals surface area (Å²) in [4.78, 5) is 0. The molecule has 0 spiro atoms. The van der Waals surface area contributed by atoms with E-state index in [9.17, 15) is 10.2 Å². The molecule has 1 saturated carbocycles. The summed E-state index contributed by atoms with van der Waals surface area (Å²) in [6.45, 7) is 8.50. The molecule has 7 atom stereocenters. The minimum Gasteiger partial charge on any atom is -0.390 e. The van der Waals surface area contributed by atoms with Gasteiger partial charge in [0.05, 0.1) is 23.4 Å². The zero-order valence-electron chi connectivity index (χ0n) is 11.9. The minimum absolute atomic E-state index is 0.234. The van der Waals surface area contributed by atoms with Gasteiger partial charge in [-0.3, -0.25) is 0 Å². The number of hydrogen-bond donors (Lipinski definition) is 2. The largest absolute Gasteiger partial charge is 0.390 e. The van der Waals surface area contributed by atoms with Gasteiger partial charge in [0.25, 0.3) is 0 Å². The van der Waals surface area contributed by atoms with Crippen molar-refractivity contribution >= 4 is 0 Å². The first kappa shape index (κ1) is 12.9. The van der Waals surface area contributed by atoms with Gasteiger partial charge in [-0.15, -0.1) is 0 Å². The second-order valence-corrected chi connectivity index (χ2v) is 7.30. The molecule has 104 valence electrons. The van der Waals surface area contributed by atoms with Crippen LogP contribution in [0.2, 0.25) is 0 Å². The average Bonchev–Trinajstić information content (AvgIpc) is 2.77. The summed E-state index contributed by atoms with van der Waals surface area (Å²) in [6.07, 6.45) is 1.94. The van der Waals surface area contributed by atoms with Crippen LogP contribution in [0.25, 0.3) is 0 Å². The zero-order chi connectivity index (χ0) is 13.3. The van der Waals surface area contributed by atoms with E-state index in [0.717, 1.165) is 12.8 Å². The Kier molecular flexibility index (Phi) is 2.66. The van der Waals surface area contributed by atoms with E-state index >= 15 is 0 Å². The molecule has 3 aliphatic rings. The summed E-state index contributed by atoms with van der Waals surface area (Å²) < 4.78 is 6.32. The van der Waals surface area contributed by atoms with E-state index in [1.807, 2.05) is 0 Å². The van der Waals surface area contributed by atoms with Crippen molar-refractivity contribution in [3.8, 4) is 0 Å². The van der Waals surface area contributed by atoms with Gasteiger partial charge in [0.2, 0.25) is 0 Å². The normalized spacial score (nSPS) is 59.2. The first-order chi connectivity index (χ1) is 8.33. The summed E-state index contributed by atoms with van der Waals surface area (Å²) >= 11 is 0. The van der Waals surface area contributed by atoms with E-state index in [1.165, 1.54) is 0 Å². The van der Waals surface area contributed by atoms with Gasteiger partial charge >= 0.3 is 0 Å². The Bertz CT molecular complexity index is 356. The molecular formula is C15H26O3. The van der Waals surface area contributed by atoms with E-state index in [-0.39, 0.29) is 5.92 Å². The van der Waals surface area contributed by atoms with Crippen LogP contribution in [-0.4, -0.2) is 33.6 Å². The van der Waals surface area contributed by atoms with E-state index in [2.05, 4.69) is 27.7 Å². The minimum atomic E-state index is -0.534. The Morgan fingerprint density at radius 3 is 2.50 bits per heavy atom. The smallest absolute Gasteiger partial charge is 0.1000 e. The van der Waals surface area contributed by atoms with Gasteiger partial charge in [-0.1, -0.05) is 20.8 Å². The molecule has 18 heavy (non-hydrogen) atoms. The summed E-state index contributed by atoms with van der Waals surface area (Å²) in [5, 5.41) is 21.3. The highest BCUT2D eigenvalue weighted by molar-refractivity contribution is 5.17. The van der Waals surface area contributed by atoms with Crippen LogP contribution in [0.5, 0.6) is 0 Å². The van der Waals surface area contributed by atoms with Crippen LogP contribution in [0.1, 0.15) is 47.0 Å². The lowest BCUT2D eigenvalue weighted by Gasteiger charge is -2.52. The number of aliphatic hydroxyl groups excluding tert-OH is 2. The third-order valence-electron chi connectivity index (χ3n) is 6.22. The predicted octanol–water partition coefficient (Wildman–Crippen LogP) is 1.96. The number of fused-ring (bicyclic) bond motifs is 4. The van der Waals surface area contributed by atoms with Gasteiger partial charge in [0.15, 0.2) is 0 Å². The molecule has 2 saturated heterocycles. The molecule has 2 bridgehead atoms. The van der Waals surface area contributed by atoms with Crippen molar-refractivity contribution in [2.45, 2.75) is 70.4 Å². The molecule has 2 N–H and O–H groups in total. The lowest BCUT2D eigenvalue weighted by molar-refractivity contribution is -0.258. The highest BCUT2D eigenvalue weighted by Crippen LogP contribution is 2.61. The number of aliphatic hydroxyl groups is 2. The van der Waals surface area contributed by atoms with E-state index < -0.39 is 23.4 Å². The number of hydrogen-bond acceptors (Lipinski definition) is 3. The topological polar surface area (TPSA) is 49.7 Å². The number of ether oxygens (including phenoxy) is 1. The van der Waals surface area contributed by atoms with Crippen molar-refractivity contribution < 1.29 is 14.9 Å². The Balaban J connectivity index is 2.07. The highest BCUT2D eigenvalue weighted by Gasteiger charge is 2.69. The van der Waals surface area contributed by atoms with Gasteiger partial charge < -0.3 is 14.9 Å². The molecule has 0 aromatic rings. The highest BCUT2D eigenvalue weighted by atomic mass is 16.6. The van der Waals surface area contributed by atoms with Crippen molar-refractivity contribution in [2.24, 2.45) is 23.7 Å². The van der Waals surface area contributed by atoms with Crippen LogP contribution in [0, 0.1) is 23.7 Å². The zero-order valence-corrected chi connectivity index (χ0v) is 11.9. The van der Waals surface area contributed by atoms with Gasteiger partial charge in [-0.25, -0.2) is 0 Å². The van der Waals surface area contributed by atoms with Gasteiger partial charge in [-0.05, 0) is 43.4 Å². The molecule has 1 aliphatic carbocycles. The molecule has 3 heteroatoms. The molecular weight excluding hydrogens is 228 g/mol. The third kappa shape index (κ3) is 1.31. The van der Waals surface area contributed by atoms with Crippen LogP contribution >= 0.6 is 0 Å². The maximum absolute atomic E-state index is 10.9. The molecule has 0 radical (unpaired) electrons. The molecule has 0 amide bonds. The van der Waals surface area contributed by atoms with Crippen molar-refractivity contribution in [1.29, 1.82) is 0 Å². The van der Waals surface area contributed by atoms with Crippen molar-refractivity contribution in [3.05, 3.63) is 0 Å².